The normalized spacial score (nSPS) is 11.9. The lowest BCUT2D eigenvalue weighted by Crippen LogP contribution is -1.92. The van der Waals surface area contributed by atoms with Crippen molar-refractivity contribution in [3.8, 4) is 11.6 Å². The largest absolute Gasteiger partial charge is 0.440 e. The van der Waals surface area contributed by atoms with Crippen molar-refractivity contribution in [3.63, 3.8) is 0 Å². The van der Waals surface area contributed by atoms with Crippen molar-refractivity contribution in [1.82, 2.24) is 20.2 Å². The van der Waals surface area contributed by atoms with Crippen LogP contribution in [-0.2, 0) is 9.05 Å². The van der Waals surface area contributed by atoms with Crippen LogP contribution in [0.4, 0.5) is 0 Å². The van der Waals surface area contributed by atoms with Gasteiger partial charge in [-0.3, -0.25) is 0 Å². The second-order valence-corrected chi connectivity index (χ2v) is 5.15. The van der Waals surface area contributed by atoms with Gasteiger partial charge < -0.3 is 4.42 Å². The van der Waals surface area contributed by atoms with Gasteiger partial charge in [0.2, 0.25) is 5.82 Å². The highest BCUT2D eigenvalue weighted by Crippen LogP contribution is 2.19. The molecule has 0 aromatic carbocycles. The maximum Gasteiger partial charge on any atom is 0.296 e. The van der Waals surface area contributed by atoms with Crippen LogP contribution in [0.1, 0.15) is 5.69 Å². The highest BCUT2D eigenvalue weighted by molar-refractivity contribution is 8.13. The highest BCUT2D eigenvalue weighted by Gasteiger charge is 2.19. The number of nitrogens with one attached hydrogen (secondary N) is 1. The third-order valence-electron chi connectivity index (χ3n) is 1.64. The van der Waals surface area contributed by atoms with E-state index in [1.54, 1.807) is 6.92 Å². The Morgan fingerprint density at radius 1 is 1.53 bits per heavy atom. The van der Waals surface area contributed by atoms with Gasteiger partial charge in [0.15, 0.2) is 12.2 Å². The van der Waals surface area contributed by atoms with E-state index in [0.717, 1.165) is 0 Å². The van der Waals surface area contributed by atoms with Crippen molar-refractivity contribution in [2.45, 2.75) is 12.1 Å². The lowest BCUT2D eigenvalue weighted by molar-refractivity contribution is 0.567. The van der Waals surface area contributed by atoms with Gasteiger partial charge in [0.25, 0.3) is 14.2 Å². The monoisotopic (exact) mass is 248 g/mol. The summed E-state index contributed by atoms with van der Waals surface area (Å²) < 4.78 is 26.8. The van der Waals surface area contributed by atoms with Gasteiger partial charge in [-0.2, -0.15) is 4.98 Å². The molecule has 2 aromatic heterocycles. The Labute approximate surface area is 88.9 Å². The Balaban J connectivity index is 2.50. The minimum absolute atomic E-state index is 0.101. The Hall–Kier alpha value is -1.41. The number of aromatic amines is 1. The number of nitrogens with zero attached hydrogens (tertiary/aromatic N) is 3. The molecule has 0 aliphatic heterocycles. The highest BCUT2D eigenvalue weighted by atomic mass is 35.7. The number of halogens is 1. The zero-order chi connectivity index (χ0) is 11.1. The Morgan fingerprint density at radius 3 is 2.73 bits per heavy atom. The predicted molar refractivity (Wildman–Crippen MR) is 49.7 cm³/mol. The van der Waals surface area contributed by atoms with Crippen LogP contribution in [0.15, 0.2) is 16.0 Å². The SMILES string of the molecule is Cc1ncoc1-c1n[nH]c(S(=O)(=O)Cl)n1. The smallest absolute Gasteiger partial charge is 0.296 e. The van der Waals surface area contributed by atoms with Crippen molar-refractivity contribution in [2.75, 3.05) is 0 Å². The number of hydrogen-bond acceptors (Lipinski definition) is 6. The molecule has 0 saturated carbocycles. The summed E-state index contributed by atoms with van der Waals surface area (Å²) in [6.45, 7) is 1.68. The lowest BCUT2D eigenvalue weighted by atomic mass is 10.3. The Kier molecular flexibility index (Phi) is 2.24. The van der Waals surface area contributed by atoms with E-state index in [2.05, 4.69) is 20.2 Å². The third-order valence-corrected chi connectivity index (χ3v) is 2.73. The fraction of sp³-hybridized carbons (Fsp3) is 0.167. The van der Waals surface area contributed by atoms with Crippen LogP contribution in [-0.4, -0.2) is 28.6 Å². The summed E-state index contributed by atoms with van der Waals surface area (Å²) in [5.74, 6) is 0.405. The maximum atomic E-state index is 10.9. The van der Waals surface area contributed by atoms with Crippen LogP contribution in [0.3, 0.4) is 0 Å². The second-order valence-electron chi connectivity index (χ2n) is 2.67. The molecule has 2 heterocycles. The van der Waals surface area contributed by atoms with Gasteiger partial charge in [-0.15, -0.1) is 5.10 Å². The van der Waals surface area contributed by atoms with Crippen molar-refractivity contribution in [3.05, 3.63) is 12.1 Å². The standard InChI is InChI=1S/C6H5ClN4O3S/c1-3-4(14-2-8-3)5-9-6(11-10-5)15(7,12)13/h2H,1H3,(H,9,10,11). The minimum Gasteiger partial charge on any atom is -0.440 e. The molecule has 0 fully saturated rings. The number of aromatic nitrogens is 4. The molecule has 0 bridgehead atoms. The van der Waals surface area contributed by atoms with Crippen LogP contribution in [0.5, 0.6) is 0 Å². The Morgan fingerprint density at radius 2 is 2.27 bits per heavy atom. The predicted octanol–water partition coefficient (Wildman–Crippen LogP) is 0.696. The van der Waals surface area contributed by atoms with Gasteiger partial charge in [-0.1, -0.05) is 0 Å². The van der Waals surface area contributed by atoms with E-state index in [0.29, 0.717) is 11.5 Å². The minimum atomic E-state index is -3.90. The first kappa shape index (κ1) is 10.1. The van der Waals surface area contributed by atoms with Crippen molar-refractivity contribution in [1.29, 1.82) is 0 Å². The molecule has 0 aliphatic rings. The molecule has 0 spiro atoms. The molecule has 0 unspecified atom stereocenters. The summed E-state index contributed by atoms with van der Waals surface area (Å²) in [5, 5.41) is 5.42. The lowest BCUT2D eigenvalue weighted by Gasteiger charge is -1.87. The zero-order valence-electron chi connectivity index (χ0n) is 7.43. The summed E-state index contributed by atoms with van der Waals surface area (Å²) in [4.78, 5) is 7.49. The summed E-state index contributed by atoms with van der Waals surface area (Å²) in [6.07, 6.45) is 1.22. The van der Waals surface area contributed by atoms with Crippen molar-refractivity contribution in [2.24, 2.45) is 0 Å². The zero-order valence-corrected chi connectivity index (χ0v) is 9.00. The fourth-order valence-corrected chi connectivity index (χ4v) is 1.53. The molecular weight excluding hydrogens is 244 g/mol. The van der Waals surface area contributed by atoms with E-state index in [-0.39, 0.29) is 5.82 Å². The molecule has 0 amide bonds. The van der Waals surface area contributed by atoms with Crippen molar-refractivity contribution >= 4 is 19.7 Å². The average Bonchev–Trinajstić information content (AvgIpc) is 2.69. The van der Waals surface area contributed by atoms with Crippen LogP contribution in [0, 0.1) is 6.92 Å². The summed E-state index contributed by atoms with van der Waals surface area (Å²) in [7, 11) is 1.16. The first-order chi connectivity index (χ1) is 6.98. The summed E-state index contributed by atoms with van der Waals surface area (Å²) >= 11 is 0. The van der Waals surface area contributed by atoms with E-state index in [9.17, 15) is 8.42 Å². The number of H-pyrrole nitrogens is 1. The van der Waals surface area contributed by atoms with Crippen LogP contribution in [0.25, 0.3) is 11.6 Å². The molecule has 0 radical (unpaired) electrons. The van der Waals surface area contributed by atoms with Gasteiger partial charge in [0.1, 0.15) is 0 Å². The molecular formula is C6H5ClN4O3S. The first-order valence-corrected chi connectivity index (χ1v) is 6.07. The third kappa shape index (κ3) is 1.85. The Bertz CT molecular complexity index is 587. The second kappa shape index (κ2) is 3.31. The van der Waals surface area contributed by atoms with Gasteiger partial charge in [-0.25, -0.2) is 18.5 Å². The maximum absolute atomic E-state index is 10.9. The molecule has 2 rings (SSSR count). The molecule has 7 nitrogen and oxygen atoms in total. The summed E-state index contributed by atoms with van der Waals surface area (Å²) in [6, 6.07) is 0. The number of aryl methyl sites for hydroxylation is 1. The molecule has 80 valence electrons. The van der Waals surface area contributed by atoms with Crippen molar-refractivity contribution < 1.29 is 12.8 Å². The molecule has 0 saturated heterocycles. The first-order valence-electron chi connectivity index (χ1n) is 3.76. The van der Waals surface area contributed by atoms with Gasteiger partial charge in [-0.05, 0) is 6.92 Å². The molecule has 1 N–H and O–H groups in total. The number of hydrogen-bond donors (Lipinski definition) is 1. The van der Waals surface area contributed by atoms with Crippen LogP contribution in [0.2, 0.25) is 0 Å². The van der Waals surface area contributed by atoms with E-state index in [4.69, 9.17) is 15.1 Å². The summed E-state index contributed by atoms with van der Waals surface area (Å²) in [5.41, 5.74) is 0.563. The van der Waals surface area contributed by atoms with E-state index in [1.807, 2.05) is 0 Å². The van der Waals surface area contributed by atoms with Crippen LogP contribution >= 0.6 is 10.7 Å². The van der Waals surface area contributed by atoms with Gasteiger partial charge in [0, 0.05) is 10.7 Å². The quantitative estimate of drug-likeness (QED) is 0.785. The fourth-order valence-electron chi connectivity index (χ4n) is 0.974. The number of oxazole rings is 1. The van der Waals surface area contributed by atoms with E-state index >= 15 is 0 Å². The molecule has 15 heavy (non-hydrogen) atoms. The molecule has 0 atom stereocenters. The van der Waals surface area contributed by atoms with E-state index < -0.39 is 14.2 Å². The molecule has 9 heteroatoms. The average molecular weight is 249 g/mol. The molecule has 2 aromatic rings. The van der Waals surface area contributed by atoms with Gasteiger partial charge in [0.05, 0.1) is 5.69 Å². The van der Waals surface area contributed by atoms with Crippen LogP contribution < -0.4 is 0 Å². The molecule has 0 aliphatic carbocycles. The number of rotatable bonds is 2. The van der Waals surface area contributed by atoms with E-state index in [1.165, 1.54) is 6.39 Å². The topological polar surface area (TPSA) is 102 Å². The van der Waals surface area contributed by atoms with Gasteiger partial charge >= 0.3 is 0 Å².